The van der Waals surface area contributed by atoms with Crippen LogP contribution in [0.4, 0.5) is 4.79 Å². The van der Waals surface area contributed by atoms with Gasteiger partial charge in [-0.3, -0.25) is 4.79 Å². The number of nitrogens with one attached hydrogen (secondary N) is 2. The lowest BCUT2D eigenvalue weighted by Gasteiger charge is -2.21. The number of hydrogen-bond acceptors (Lipinski definition) is 4. The van der Waals surface area contributed by atoms with E-state index in [9.17, 15) is 18.0 Å². The number of amides is 2. The van der Waals surface area contributed by atoms with Crippen LogP contribution in [-0.4, -0.2) is 56.6 Å². The monoisotopic (exact) mass is 357 g/mol. The van der Waals surface area contributed by atoms with Crippen LogP contribution >= 0.6 is 0 Å². The summed E-state index contributed by atoms with van der Waals surface area (Å²) in [6.45, 7) is 2.03. The van der Waals surface area contributed by atoms with Crippen LogP contribution in [0.15, 0.2) is 35.2 Å². The summed E-state index contributed by atoms with van der Waals surface area (Å²) < 4.78 is 26.5. The quantitative estimate of drug-likeness (QED) is 0.606. The lowest BCUT2D eigenvalue weighted by Crippen LogP contribution is -2.43. The van der Waals surface area contributed by atoms with Gasteiger partial charge in [-0.2, -0.15) is 0 Å². The van der Waals surface area contributed by atoms with Crippen LogP contribution in [0.5, 0.6) is 0 Å². The van der Waals surface area contributed by atoms with E-state index >= 15 is 0 Å². The van der Waals surface area contributed by atoms with Gasteiger partial charge in [-0.1, -0.05) is 18.2 Å². The Hall–Kier alpha value is -2.13. The SMILES string of the molecule is CC(CCNS(=O)(=O)c1ccccc1)NC(=O)N(C)CCC(=O)O. The first kappa shape index (κ1) is 19.9. The Labute approximate surface area is 141 Å². The number of carboxylic acids is 1. The molecule has 134 valence electrons. The van der Waals surface area contributed by atoms with Gasteiger partial charge in [-0.25, -0.2) is 17.9 Å². The van der Waals surface area contributed by atoms with Gasteiger partial charge in [0, 0.05) is 26.2 Å². The zero-order chi connectivity index (χ0) is 18.2. The second kappa shape index (κ2) is 9.24. The fourth-order valence-electron chi connectivity index (χ4n) is 1.85. The molecule has 0 radical (unpaired) electrons. The van der Waals surface area contributed by atoms with Crippen molar-refractivity contribution in [3.63, 3.8) is 0 Å². The Morgan fingerprint density at radius 3 is 2.46 bits per heavy atom. The van der Waals surface area contributed by atoms with Crippen LogP contribution in [0.1, 0.15) is 19.8 Å². The van der Waals surface area contributed by atoms with Crippen molar-refractivity contribution < 1.29 is 23.1 Å². The molecule has 24 heavy (non-hydrogen) atoms. The molecular weight excluding hydrogens is 334 g/mol. The van der Waals surface area contributed by atoms with Gasteiger partial charge in [0.15, 0.2) is 0 Å². The molecule has 0 aliphatic rings. The number of carbonyl (C=O) groups excluding carboxylic acids is 1. The Kier molecular flexibility index (Phi) is 7.66. The number of urea groups is 1. The second-order valence-electron chi connectivity index (χ2n) is 5.42. The molecule has 1 aromatic rings. The summed E-state index contributed by atoms with van der Waals surface area (Å²) in [5, 5.41) is 11.3. The molecule has 0 spiro atoms. The van der Waals surface area contributed by atoms with Gasteiger partial charge in [0.2, 0.25) is 10.0 Å². The third-order valence-corrected chi connectivity index (χ3v) is 4.78. The van der Waals surface area contributed by atoms with Crippen LogP contribution in [0.3, 0.4) is 0 Å². The summed E-state index contributed by atoms with van der Waals surface area (Å²) in [5.41, 5.74) is 0. The van der Waals surface area contributed by atoms with Crippen molar-refractivity contribution in [3.05, 3.63) is 30.3 Å². The smallest absolute Gasteiger partial charge is 0.317 e. The predicted molar refractivity (Wildman–Crippen MR) is 89.1 cm³/mol. The van der Waals surface area contributed by atoms with Crippen LogP contribution in [0, 0.1) is 0 Å². The molecule has 0 bridgehead atoms. The third kappa shape index (κ3) is 6.97. The Morgan fingerprint density at radius 2 is 1.88 bits per heavy atom. The second-order valence-corrected chi connectivity index (χ2v) is 7.18. The fraction of sp³-hybridized carbons (Fsp3) is 0.467. The number of carbonyl (C=O) groups is 2. The van der Waals surface area contributed by atoms with Crippen molar-refractivity contribution in [2.45, 2.75) is 30.7 Å². The first-order valence-corrected chi connectivity index (χ1v) is 8.99. The normalized spacial score (nSPS) is 12.4. The van der Waals surface area contributed by atoms with Crippen LogP contribution in [0.25, 0.3) is 0 Å². The van der Waals surface area contributed by atoms with Crippen molar-refractivity contribution in [2.24, 2.45) is 0 Å². The van der Waals surface area contributed by atoms with Crippen LogP contribution in [-0.2, 0) is 14.8 Å². The van der Waals surface area contributed by atoms with E-state index in [0.29, 0.717) is 6.42 Å². The number of nitrogens with zero attached hydrogens (tertiary/aromatic N) is 1. The highest BCUT2D eigenvalue weighted by atomic mass is 32.2. The van der Waals surface area contributed by atoms with Gasteiger partial charge in [0.1, 0.15) is 0 Å². The Bertz CT molecular complexity index is 648. The van der Waals surface area contributed by atoms with Crippen molar-refractivity contribution >= 4 is 22.0 Å². The molecule has 2 amide bonds. The lowest BCUT2D eigenvalue weighted by atomic mass is 10.2. The molecule has 3 N–H and O–H groups in total. The number of hydrogen-bond donors (Lipinski definition) is 3. The first-order chi connectivity index (χ1) is 11.2. The standard InChI is InChI=1S/C15H23N3O5S/c1-12(17-15(21)18(2)11-9-14(19)20)8-10-16-24(22,23)13-6-4-3-5-7-13/h3-7,12,16H,8-11H2,1-2H3,(H,17,21)(H,19,20). The molecule has 0 heterocycles. The minimum Gasteiger partial charge on any atom is -0.481 e. The van der Waals surface area contributed by atoms with Crippen molar-refractivity contribution in [3.8, 4) is 0 Å². The fourth-order valence-corrected chi connectivity index (χ4v) is 2.92. The van der Waals surface area contributed by atoms with E-state index in [0.717, 1.165) is 0 Å². The molecule has 0 saturated carbocycles. The Morgan fingerprint density at radius 1 is 1.25 bits per heavy atom. The summed E-state index contributed by atoms with van der Waals surface area (Å²) in [7, 11) is -2.05. The van der Waals surface area contributed by atoms with Gasteiger partial charge < -0.3 is 15.3 Å². The molecule has 0 saturated heterocycles. The van der Waals surface area contributed by atoms with E-state index in [1.807, 2.05) is 0 Å². The molecule has 0 aliphatic heterocycles. The van der Waals surface area contributed by atoms with Gasteiger partial charge >= 0.3 is 12.0 Å². The van der Waals surface area contributed by atoms with Crippen molar-refractivity contribution in [2.75, 3.05) is 20.1 Å². The number of carboxylic acid groups (broad SMARTS) is 1. The number of sulfonamides is 1. The third-order valence-electron chi connectivity index (χ3n) is 3.30. The minimum absolute atomic E-state index is 0.106. The highest BCUT2D eigenvalue weighted by molar-refractivity contribution is 7.89. The first-order valence-electron chi connectivity index (χ1n) is 7.50. The van der Waals surface area contributed by atoms with Gasteiger partial charge in [-0.05, 0) is 25.5 Å². The maximum Gasteiger partial charge on any atom is 0.317 e. The molecule has 1 unspecified atom stereocenters. The van der Waals surface area contributed by atoms with Crippen LogP contribution < -0.4 is 10.0 Å². The van der Waals surface area contributed by atoms with Gasteiger partial charge in [-0.15, -0.1) is 0 Å². The van der Waals surface area contributed by atoms with E-state index in [4.69, 9.17) is 5.11 Å². The van der Waals surface area contributed by atoms with E-state index in [1.165, 1.54) is 24.1 Å². The summed E-state index contributed by atoms with van der Waals surface area (Å²) in [6.07, 6.45) is 0.278. The van der Waals surface area contributed by atoms with Crippen LogP contribution in [0.2, 0.25) is 0 Å². The average molecular weight is 357 g/mol. The van der Waals surface area contributed by atoms with Gasteiger partial charge in [0.05, 0.1) is 11.3 Å². The average Bonchev–Trinajstić information content (AvgIpc) is 2.53. The minimum atomic E-state index is -3.56. The summed E-state index contributed by atoms with van der Waals surface area (Å²) in [4.78, 5) is 23.8. The van der Waals surface area contributed by atoms with Crippen molar-refractivity contribution in [1.82, 2.24) is 14.9 Å². The molecular formula is C15H23N3O5S. The molecule has 0 aliphatic carbocycles. The number of benzene rings is 1. The predicted octanol–water partition coefficient (Wildman–Crippen LogP) is 0.860. The molecule has 0 aromatic heterocycles. The van der Waals surface area contributed by atoms with E-state index < -0.39 is 22.0 Å². The zero-order valence-corrected chi connectivity index (χ0v) is 14.5. The van der Waals surface area contributed by atoms with Gasteiger partial charge in [0.25, 0.3) is 0 Å². The highest BCUT2D eigenvalue weighted by Gasteiger charge is 2.15. The molecule has 9 heteroatoms. The lowest BCUT2D eigenvalue weighted by molar-refractivity contribution is -0.137. The largest absolute Gasteiger partial charge is 0.481 e. The molecule has 1 rings (SSSR count). The maximum atomic E-state index is 12.0. The van der Waals surface area contributed by atoms with Crippen molar-refractivity contribution in [1.29, 1.82) is 0 Å². The summed E-state index contributed by atoms with van der Waals surface area (Å²) in [5.74, 6) is -0.974. The molecule has 1 aromatic carbocycles. The highest BCUT2D eigenvalue weighted by Crippen LogP contribution is 2.07. The molecule has 1 atom stereocenters. The zero-order valence-electron chi connectivity index (χ0n) is 13.7. The number of aliphatic carboxylic acids is 1. The maximum absolute atomic E-state index is 12.0. The summed E-state index contributed by atoms with van der Waals surface area (Å²) >= 11 is 0. The topological polar surface area (TPSA) is 116 Å². The molecule has 0 fully saturated rings. The molecule has 8 nitrogen and oxygen atoms in total. The van der Waals surface area contributed by atoms with E-state index in [2.05, 4.69) is 10.0 Å². The van der Waals surface area contributed by atoms with E-state index in [-0.39, 0.29) is 30.4 Å². The van der Waals surface area contributed by atoms with E-state index in [1.54, 1.807) is 25.1 Å². The summed E-state index contributed by atoms with van der Waals surface area (Å²) in [6, 6.07) is 7.38. The Balaban J connectivity index is 2.37. The number of rotatable bonds is 9.